The van der Waals surface area contributed by atoms with Crippen LogP contribution in [-0.2, 0) is 18.4 Å². The van der Waals surface area contributed by atoms with Crippen molar-refractivity contribution in [3.05, 3.63) is 24.3 Å². The van der Waals surface area contributed by atoms with Gasteiger partial charge in [0.2, 0.25) is 5.91 Å². The van der Waals surface area contributed by atoms with Crippen LogP contribution in [0.1, 0.15) is 232 Å². The van der Waals surface area contributed by atoms with E-state index in [0.717, 1.165) is 64.2 Å². The highest BCUT2D eigenvalue weighted by molar-refractivity contribution is 7.45. The second-order valence-electron chi connectivity index (χ2n) is 18.2. The molecular weight excluding hydrogens is 744 g/mol. The summed E-state index contributed by atoms with van der Waals surface area (Å²) >= 11 is 0. The van der Waals surface area contributed by atoms with Crippen LogP contribution in [0.15, 0.2) is 24.3 Å². The van der Waals surface area contributed by atoms with Crippen molar-refractivity contribution in [1.29, 1.82) is 0 Å². The summed E-state index contributed by atoms with van der Waals surface area (Å²) in [6.45, 7) is 4.68. The highest BCUT2D eigenvalue weighted by Gasteiger charge is 2.24. The molecule has 8 nitrogen and oxygen atoms in total. The summed E-state index contributed by atoms with van der Waals surface area (Å²) in [5.41, 5.74) is 0. The van der Waals surface area contributed by atoms with Gasteiger partial charge in [-0.25, -0.2) is 0 Å². The summed E-state index contributed by atoms with van der Waals surface area (Å²) in [4.78, 5) is 25.4. The third kappa shape index (κ3) is 43.1. The Hall–Kier alpha value is -1.02. The molecule has 0 aromatic carbocycles. The molecule has 2 N–H and O–H groups in total. The monoisotopic (exact) mass is 841 g/mol. The maximum absolute atomic E-state index is 12.9. The van der Waals surface area contributed by atoms with Crippen molar-refractivity contribution in [3.8, 4) is 0 Å². The molecule has 0 spiro atoms. The van der Waals surface area contributed by atoms with Crippen LogP contribution in [0.25, 0.3) is 0 Å². The lowest BCUT2D eigenvalue weighted by molar-refractivity contribution is -0.870. The molecule has 3 unspecified atom stereocenters. The van der Waals surface area contributed by atoms with Crippen molar-refractivity contribution >= 4 is 13.7 Å². The molecule has 0 rings (SSSR count). The van der Waals surface area contributed by atoms with E-state index in [1.54, 1.807) is 0 Å². The molecule has 3 atom stereocenters. The van der Waals surface area contributed by atoms with Gasteiger partial charge >= 0.3 is 0 Å². The number of likely N-dealkylation sites (N-methyl/N-ethyl adjacent to an activating group) is 1. The summed E-state index contributed by atoms with van der Waals surface area (Å²) in [5.74, 6) is -0.177. The van der Waals surface area contributed by atoms with E-state index in [1.165, 1.54) is 141 Å². The van der Waals surface area contributed by atoms with E-state index in [9.17, 15) is 19.4 Å². The predicted octanol–water partition coefficient (Wildman–Crippen LogP) is 13.5. The van der Waals surface area contributed by atoms with E-state index in [1.807, 2.05) is 21.1 Å². The first kappa shape index (κ1) is 57.0. The topological polar surface area (TPSA) is 108 Å². The van der Waals surface area contributed by atoms with Gasteiger partial charge in [0.25, 0.3) is 7.82 Å². The van der Waals surface area contributed by atoms with Gasteiger partial charge in [0.15, 0.2) is 0 Å². The highest BCUT2D eigenvalue weighted by atomic mass is 31.2. The number of allylic oxidation sites excluding steroid dienone is 4. The van der Waals surface area contributed by atoms with Crippen molar-refractivity contribution in [1.82, 2.24) is 5.32 Å². The normalized spacial score (nSPS) is 14.4. The summed E-state index contributed by atoms with van der Waals surface area (Å²) in [5, 5.41) is 13.9. The number of carbonyl (C=O) groups is 1. The molecule has 344 valence electrons. The average molecular weight is 841 g/mol. The number of aliphatic hydroxyl groups is 1. The van der Waals surface area contributed by atoms with Crippen LogP contribution in [0.4, 0.5) is 0 Å². The number of nitrogens with one attached hydrogen (secondary N) is 1. The smallest absolute Gasteiger partial charge is 0.268 e. The summed E-state index contributed by atoms with van der Waals surface area (Å²) in [7, 11) is 1.30. The number of aliphatic hydroxyl groups excluding tert-OH is 1. The Morgan fingerprint density at radius 1 is 0.603 bits per heavy atom. The van der Waals surface area contributed by atoms with Crippen molar-refractivity contribution < 1.29 is 32.9 Å². The molecule has 0 radical (unpaired) electrons. The lowest BCUT2D eigenvalue weighted by atomic mass is 10.0. The van der Waals surface area contributed by atoms with E-state index in [-0.39, 0.29) is 19.1 Å². The molecule has 0 aliphatic heterocycles. The molecule has 0 heterocycles. The Kier molecular flexibility index (Phi) is 40.6. The van der Waals surface area contributed by atoms with E-state index >= 15 is 0 Å². The molecule has 1 amide bonds. The predicted molar refractivity (Wildman–Crippen MR) is 247 cm³/mol. The van der Waals surface area contributed by atoms with Gasteiger partial charge in [-0.15, -0.1) is 0 Å². The van der Waals surface area contributed by atoms with E-state index in [4.69, 9.17) is 9.05 Å². The van der Waals surface area contributed by atoms with Crippen molar-refractivity contribution in [2.45, 2.75) is 244 Å². The van der Waals surface area contributed by atoms with Gasteiger partial charge in [0, 0.05) is 6.42 Å². The quantitative estimate of drug-likeness (QED) is 0.0274. The molecule has 0 fully saturated rings. The molecule has 0 aromatic heterocycles. The van der Waals surface area contributed by atoms with Gasteiger partial charge < -0.3 is 28.8 Å². The third-order valence-electron chi connectivity index (χ3n) is 11.2. The maximum Gasteiger partial charge on any atom is 0.268 e. The van der Waals surface area contributed by atoms with Crippen molar-refractivity contribution in [3.63, 3.8) is 0 Å². The molecule has 0 saturated carbocycles. The minimum Gasteiger partial charge on any atom is -0.756 e. The maximum atomic E-state index is 12.9. The third-order valence-corrected chi connectivity index (χ3v) is 12.2. The zero-order valence-corrected chi connectivity index (χ0v) is 39.9. The fourth-order valence-electron chi connectivity index (χ4n) is 7.23. The first-order valence-electron chi connectivity index (χ1n) is 24.7. The minimum absolute atomic E-state index is 0.0100. The van der Waals surface area contributed by atoms with Gasteiger partial charge in [-0.1, -0.05) is 212 Å². The number of phosphoric ester groups is 1. The zero-order chi connectivity index (χ0) is 42.8. The van der Waals surface area contributed by atoms with Gasteiger partial charge in [-0.3, -0.25) is 9.36 Å². The van der Waals surface area contributed by atoms with Gasteiger partial charge in [-0.05, 0) is 38.5 Å². The number of unbranched alkanes of at least 4 members (excludes halogenated alkanes) is 28. The lowest BCUT2D eigenvalue weighted by Gasteiger charge is -2.30. The van der Waals surface area contributed by atoms with E-state index < -0.39 is 20.0 Å². The summed E-state index contributed by atoms with van der Waals surface area (Å²) in [6, 6.07) is -0.806. The fourth-order valence-corrected chi connectivity index (χ4v) is 7.96. The van der Waals surface area contributed by atoms with Crippen LogP contribution in [0, 0.1) is 0 Å². The highest BCUT2D eigenvalue weighted by Crippen LogP contribution is 2.38. The van der Waals surface area contributed by atoms with E-state index in [2.05, 4.69) is 43.5 Å². The summed E-state index contributed by atoms with van der Waals surface area (Å²) < 4.78 is 23.3. The number of amides is 1. The van der Waals surface area contributed by atoms with Crippen molar-refractivity contribution in [2.24, 2.45) is 0 Å². The lowest BCUT2D eigenvalue weighted by Crippen LogP contribution is -2.46. The van der Waals surface area contributed by atoms with Gasteiger partial charge in [0.05, 0.1) is 39.9 Å². The van der Waals surface area contributed by atoms with Crippen LogP contribution in [-0.4, -0.2) is 68.5 Å². The number of quaternary nitrogens is 1. The van der Waals surface area contributed by atoms with Gasteiger partial charge in [-0.2, -0.15) is 0 Å². The fraction of sp³-hybridized carbons (Fsp3) is 0.898. The first-order valence-corrected chi connectivity index (χ1v) is 26.1. The minimum atomic E-state index is -4.57. The van der Waals surface area contributed by atoms with Crippen LogP contribution >= 0.6 is 7.82 Å². The van der Waals surface area contributed by atoms with E-state index in [0.29, 0.717) is 23.9 Å². The number of carbonyl (C=O) groups excluding carboxylic acids is 1. The number of hydrogen-bond donors (Lipinski definition) is 2. The second kappa shape index (κ2) is 41.3. The average Bonchev–Trinajstić information content (AvgIpc) is 3.17. The molecule has 0 aliphatic carbocycles. The number of rotatable bonds is 45. The molecular formula is C49H97N2O6P. The zero-order valence-electron chi connectivity index (χ0n) is 39.0. The van der Waals surface area contributed by atoms with Crippen LogP contribution in [0.3, 0.4) is 0 Å². The van der Waals surface area contributed by atoms with Crippen LogP contribution in [0.5, 0.6) is 0 Å². The largest absolute Gasteiger partial charge is 0.756 e. The number of hydrogen-bond acceptors (Lipinski definition) is 6. The Balaban J connectivity index is 4.25. The molecule has 0 aromatic rings. The van der Waals surface area contributed by atoms with Crippen LogP contribution < -0.4 is 10.2 Å². The Morgan fingerprint density at radius 2 is 1.02 bits per heavy atom. The standard InChI is InChI=1S/C49H97N2O6P/c1-6-8-10-12-14-16-18-20-22-23-24-25-26-27-28-29-30-32-34-36-38-40-42-48(52)47(46-57-58(54,55)56-45-44-51(3,4)5)50-49(53)43-41-39-37-35-33-31-21-19-17-15-13-11-9-7-2/h13,15,19,21,47-48,52H,6-12,14,16-18,20,22-46H2,1-5H3,(H-,50,53,54,55)/b15-13-,21-19-. The second-order valence-corrected chi connectivity index (χ2v) is 19.6. The number of phosphoric acid groups is 1. The summed E-state index contributed by atoms with van der Waals surface area (Å²) in [6.07, 6.45) is 49.0. The molecule has 0 bridgehead atoms. The van der Waals surface area contributed by atoms with Crippen LogP contribution in [0.2, 0.25) is 0 Å². The first-order chi connectivity index (χ1) is 28.0. The Labute approximate surface area is 360 Å². The van der Waals surface area contributed by atoms with Crippen molar-refractivity contribution in [2.75, 3.05) is 40.9 Å². The Morgan fingerprint density at radius 3 is 1.48 bits per heavy atom. The Bertz CT molecular complexity index is 1000. The molecule has 58 heavy (non-hydrogen) atoms. The molecule has 0 saturated heterocycles. The SMILES string of the molecule is CCCC/C=C\C/C=C\CCCCCCCC(=O)NC(COP(=O)([O-])OCC[N+](C)(C)C)C(O)CCCCCCCCCCCCCCCCCCCCCCCC. The molecule has 0 aliphatic rings. The van der Waals surface area contributed by atoms with Gasteiger partial charge in [0.1, 0.15) is 13.2 Å². The molecule has 9 heteroatoms. The number of nitrogens with zero attached hydrogens (tertiary/aromatic N) is 1.